The molecule has 2 aromatic rings. The Bertz CT molecular complexity index is 811. The Morgan fingerprint density at radius 2 is 1.88 bits per heavy atom. The van der Waals surface area contributed by atoms with Gasteiger partial charge in [-0.3, -0.25) is 4.79 Å². The molecule has 1 aliphatic rings. The lowest BCUT2D eigenvalue weighted by Gasteiger charge is -2.12. The van der Waals surface area contributed by atoms with E-state index in [2.05, 4.69) is 10.3 Å². The minimum atomic E-state index is -3.54. The number of nitrogens with one attached hydrogen (secondary N) is 1. The normalized spacial score (nSPS) is 15.4. The topological polar surface area (TPSA) is 84.3 Å². The van der Waals surface area contributed by atoms with Gasteiger partial charge >= 0.3 is 0 Å². The van der Waals surface area contributed by atoms with Crippen molar-refractivity contribution in [3.05, 3.63) is 48.4 Å². The number of sulfonamides is 1. The third-order valence-corrected chi connectivity index (χ3v) is 5.97. The van der Waals surface area contributed by atoms with Crippen LogP contribution in [-0.2, 0) is 27.8 Å². The van der Waals surface area contributed by atoms with E-state index >= 15 is 0 Å². The van der Waals surface area contributed by atoms with E-state index in [-0.39, 0.29) is 17.5 Å². The average Bonchev–Trinajstić information content (AvgIpc) is 3.28. The summed E-state index contributed by atoms with van der Waals surface area (Å²) >= 11 is 0. The van der Waals surface area contributed by atoms with Crippen LogP contribution in [0, 0.1) is 0 Å². The Hall–Kier alpha value is -2.19. The van der Waals surface area contributed by atoms with Gasteiger partial charge < -0.3 is 9.88 Å². The number of amides is 1. The summed E-state index contributed by atoms with van der Waals surface area (Å²) < 4.78 is 27.8. The molecule has 1 aromatic carbocycles. The molecule has 1 N–H and O–H groups in total. The molecule has 0 spiro atoms. The van der Waals surface area contributed by atoms with Gasteiger partial charge in [-0.05, 0) is 24.8 Å². The van der Waals surface area contributed by atoms with Crippen molar-refractivity contribution in [3.8, 4) is 0 Å². The van der Waals surface area contributed by atoms with Gasteiger partial charge in [0.05, 0.1) is 6.33 Å². The quantitative estimate of drug-likeness (QED) is 0.797. The van der Waals surface area contributed by atoms with Crippen molar-refractivity contribution in [2.24, 2.45) is 0 Å². The largest absolute Gasteiger partial charge is 0.354 e. The minimum Gasteiger partial charge on any atom is -0.354 e. The summed E-state index contributed by atoms with van der Waals surface area (Å²) in [5, 5.41) is 2.84. The van der Waals surface area contributed by atoms with Gasteiger partial charge in [-0.1, -0.05) is 30.3 Å². The molecule has 0 saturated carbocycles. The molecule has 0 aliphatic carbocycles. The zero-order valence-electron chi connectivity index (χ0n) is 14.0. The molecule has 134 valence electrons. The summed E-state index contributed by atoms with van der Waals surface area (Å²) in [6, 6.07) is 9.90. The van der Waals surface area contributed by atoms with Gasteiger partial charge in [0.15, 0.2) is 5.03 Å². The molecule has 7 nitrogen and oxygen atoms in total. The van der Waals surface area contributed by atoms with Crippen LogP contribution < -0.4 is 5.32 Å². The Kier molecular flexibility index (Phi) is 5.50. The van der Waals surface area contributed by atoms with Crippen molar-refractivity contribution in [1.82, 2.24) is 19.2 Å². The number of hydrogen-bond acceptors (Lipinski definition) is 4. The van der Waals surface area contributed by atoms with Crippen LogP contribution in [-0.4, -0.2) is 47.8 Å². The molecule has 8 heteroatoms. The highest BCUT2D eigenvalue weighted by atomic mass is 32.2. The molecule has 1 amide bonds. The maximum atomic E-state index is 12.4. The lowest BCUT2D eigenvalue weighted by Crippen LogP contribution is -2.29. The van der Waals surface area contributed by atoms with Crippen LogP contribution in [0.2, 0.25) is 0 Å². The van der Waals surface area contributed by atoms with Crippen LogP contribution in [0.15, 0.2) is 47.9 Å². The molecule has 0 atom stereocenters. The number of benzene rings is 1. The number of hydrogen-bond donors (Lipinski definition) is 1. The molecule has 1 saturated heterocycles. The molecular formula is C17H22N4O3S. The molecular weight excluding hydrogens is 340 g/mol. The Morgan fingerprint density at radius 3 is 2.60 bits per heavy atom. The highest BCUT2D eigenvalue weighted by Crippen LogP contribution is 2.19. The lowest BCUT2D eigenvalue weighted by atomic mass is 10.1. The minimum absolute atomic E-state index is 0.00601. The van der Waals surface area contributed by atoms with E-state index in [9.17, 15) is 13.2 Å². The van der Waals surface area contributed by atoms with Crippen LogP contribution >= 0.6 is 0 Å². The fourth-order valence-electron chi connectivity index (χ4n) is 2.83. The van der Waals surface area contributed by atoms with Crippen molar-refractivity contribution in [2.75, 3.05) is 19.6 Å². The SMILES string of the molecule is O=C(Cn1cnc(S(=O)(=O)N2CCCC2)c1)NCCc1ccccc1. The van der Waals surface area contributed by atoms with Gasteiger partial charge in [-0.2, -0.15) is 4.31 Å². The van der Waals surface area contributed by atoms with Crippen molar-refractivity contribution >= 4 is 15.9 Å². The van der Waals surface area contributed by atoms with E-state index in [4.69, 9.17) is 0 Å². The van der Waals surface area contributed by atoms with Gasteiger partial charge in [0, 0.05) is 25.8 Å². The van der Waals surface area contributed by atoms with Crippen LogP contribution in [0.3, 0.4) is 0 Å². The monoisotopic (exact) mass is 362 g/mol. The number of aromatic nitrogens is 2. The number of rotatable bonds is 7. The molecule has 1 aromatic heterocycles. The Labute approximate surface area is 147 Å². The van der Waals surface area contributed by atoms with Crippen LogP contribution in [0.5, 0.6) is 0 Å². The first kappa shape index (κ1) is 17.6. The predicted molar refractivity (Wildman–Crippen MR) is 93.4 cm³/mol. The lowest BCUT2D eigenvalue weighted by molar-refractivity contribution is -0.121. The summed E-state index contributed by atoms with van der Waals surface area (Å²) in [6.07, 6.45) is 5.32. The number of carbonyl (C=O) groups excluding carboxylic acids is 1. The Morgan fingerprint density at radius 1 is 1.16 bits per heavy atom. The maximum absolute atomic E-state index is 12.4. The third-order valence-electron chi connectivity index (χ3n) is 4.18. The molecule has 3 rings (SSSR count). The second-order valence-electron chi connectivity index (χ2n) is 6.08. The van der Waals surface area contributed by atoms with Crippen LogP contribution in [0.4, 0.5) is 0 Å². The van der Waals surface area contributed by atoms with E-state index in [1.807, 2.05) is 30.3 Å². The van der Waals surface area contributed by atoms with E-state index in [1.165, 1.54) is 21.4 Å². The first-order valence-corrected chi connectivity index (χ1v) is 9.82. The highest BCUT2D eigenvalue weighted by molar-refractivity contribution is 7.89. The molecule has 1 aliphatic heterocycles. The van der Waals surface area contributed by atoms with E-state index in [0.29, 0.717) is 19.6 Å². The van der Waals surface area contributed by atoms with Gasteiger partial charge in [0.2, 0.25) is 5.91 Å². The molecule has 0 radical (unpaired) electrons. The number of carbonyl (C=O) groups is 1. The van der Waals surface area contributed by atoms with Crippen molar-refractivity contribution in [3.63, 3.8) is 0 Å². The smallest absolute Gasteiger partial charge is 0.262 e. The van der Waals surface area contributed by atoms with E-state index < -0.39 is 10.0 Å². The first-order valence-electron chi connectivity index (χ1n) is 8.38. The van der Waals surface area contributed by atoms with Crippen LogP contribution in [0.25, 0.3) is 0 Å². The highest BCUT2D eigenvalue weighted by Gasteiger charge is 2.29. The standard InChI is InChI=1S/C17H22N4O3S/c22-16(18-9-8-15-6-2-1-3-7-15)12-20-13-17(19-14-20)25(23,24)21-10-4-5-11-21/h1-3,6-7,13-14H,4-5,8-12H2,(H,18,22). The van der Waals surface area contributed by atoms with Crippen molar-refractivity contribution in [2.45, 2.75) is 30.8 Å². The van der Waals surface area contributed by atoms with Gasteiger partial charge in [0.1, 0.15) is 6.54 Å². The van der Waals surface area contributed by atoms with Gasteiger partial charge in [-0.25, -0.2) is 13.4 Å². The second kappa shape index (κ2) is 7.79. The van der Waals surface area contributed by atoms with Crippen molar-refractivity contribution in [1.29, 1.82) is 0 Å². The van der Waals surface area contributed by atoms with E-state index in [1.54, 1.807) is 0 Å². The molecule has 0 unspecified atom stereocenters. The van der Waals surface area contributed by atoms with Crippen molar-refractivity contribution < 1.29 is 13.2 Å². The summed E-state index contributed by atoms with van der Waals surface area (Å²) in [5.74, 6) is -0.168. The summed E-state index contributed by atoms with van der Waals surface area (Å²) in [4.78, 5) is 16.0. The average molecular weight is 362 g/mol. The molecule has 2 heterocycles. The summed E-state index contributed by atoms with van der Waals surface area (Å²) in [7, 11) is -3.54. The van der Waals surface area contributed by atoms with Crippen LogP contribution in [0.1, 0.15) is 18.4 Å². The second-order valence-corrected chi connectivity index (χ2v) is 7.97. The zero-order valence-corrected chi connectivity index (χ0v) is 14.8. The third kappa shape index (κ3) is 4.46. The zero-order chi connectivity index (χ0) is 17.7. The first-order chi connectivity index (χ1) is 12.1. The maximum Gasteiger partial charge on any atom is 0.262 e. The number of nitrogens with zero attached hydrogens (tertiary/aromatic N) is 3. The van der Waals surface area contributed by atoms with E-state index in [0.717, 1.165) is 24.8 Å². The summed E-state index contributed by atoms with van der Waals surface area (Å²) in [6.45, 7) is 1.66. The summed E-state index contributed by atoms with van der Waals surface area (Å²) in [5.41, 5.74) is 1.16. The molecule has 1 fully saturated rings. The predicted octanol–water partition coefficient (Wildman–Crippen LogP) is 1.03. The molecule has 0 bridgehead atoms. The fraction of sp³-hybridized carbons (Fsp3) is 0.412. The fourth-order valence-corrected chi connectivity index (χ4v) is 4.29. The van der Waals surface area contributed by atoms with Gasteiger partial charge in [0.25, 0.3) is 10.0 Å². The molecule has 25 heavy (non-hydrogen) atoms. The number of imidazole rings is 1. The Balaban J connectivity index is 1.51. The van der Waals surface area contributed by atoms with Gasteiger partial charge in [-0.15, -0.1) is 0 Å².